The third-order valence-electron chi connectivity index (χ3n) is 6.76. The molecule has 0 amide bonds. The molecule has 3 aliphatic rings. The fraction of sp³-hybridized carbons (Fsp3) is 0. The molecule has 6 nitrogen and oxygen atoms in total. The first-order valence-corrected chi connectivity index (χ1v) is 13.9. The van der Waals surface area contributed by atoms with Gasteiger partial charge in [0.1, 0.15) is 0 Å². The van der Waals surface area contributed by atoms with Gasteiger partial charge in [0.2, 0.25) is 0 Å². The van der Waals surface area contributed by atoms with Crippen molar-refractivity contribution in [2.45, 2.75) is 0 Å². The molecule has 0 fully saturated rings. The van der Waals surface area contributed by atoms with Crippen LogP contribution in [0.5, 0.6) is 17.2 Å². The van der Waals surface area contributed by atoms with Crippen LogP contribution < -0.4 is 17.9 Å². The zero-order chi connectivity index (χ0) is 23.9. The molecule has 3 aliphatic heterocycles. The van der Waals surface area contributed by atoms with Crippen molar-refractivity contribution in [3.63, 3.8) is 0 Å². The van der Waals surface area contributed by atoms with Crippen molar-refractivity contribution in [3.05, 3.63) is 133 Å². The second-order valence-electron chi connectivity index (χ2n) is 8.99. The maximum atomic E-state index is 7.04. The van der Waals surface area contributed by atoms with Crippen molar-refractivity contribution in [2.75, 3.05) is 0 Å². The van der Waals surface area contributed by atoms with E-state index in [1.165, 1.54) is 0 Å². The average Bonchev–Trinajstić information content (AvgIpc) is 3.50. The molecule has 0 aliphatic carbocycles. The van der Waals surface area contributed by atoms with E-state index >= 15 is 0 Å². The number of para-hydroxylation sites is 3. The summed E-state index contributed by atoms with van der Waals surface area (Å²) in [6.45, 7) is 0. The van der Waals surface area contributed by atoms with Gasteiger partial charge in [-0.1, -0.05) is 0 Å². The number of hydrogen-bond donors (Lipinski definition) is 0. The topological polar surface area (TPSA) is 50.0 Å². The maximum absolute atomic E-state index is 7.04. The molecule has 0 N–H and O–H groups in total. The molecule has 176 valence electrons. The van der Waals surface area contributed by atoms with Crippen molar-refractivity contribution in [2.24, 2.45) is 0 Å². The van der Waals surface area contributed by atoms with E-state index in [-0.39, 0.29) is 0 Å². The number of aromatic nitrogens is 1. The van der Waals surface area contributed by atoms with E-state index in [2.05, 4.69) is 0 Å². The van der Waals surface area contributed by atoms with E-state index < -0.39 is 7.23 Å². The van der Waals surface area contributed by atoms with E-state index in [1.807, 2.05) is 121 Å². The van der Waals surface area contributed by atoms with E-state index in [4.69, 9.17) is 22.6 Å². The van der Waals surface area contributed by atoms with Crippen molar-refractivity contribution in [1.82, 2.24) is 0 Å². The van der Waals surface area contributed by atoms with Crippen LogP contribution in [0.3, 0.4) is 0 Å². The van der Waals surface area contributed by atoms with Crippen molar-refractivity contribution in [3.8, 4) is 17.2 Å². The molecule has 0 saturated heterocycles. The van der Waals surface area contributed by atoms with E-state index in [9.17, 15) is 0 Å². The molecule has 7 heteroatoms. The summed E-state index contributed by atoms with van der Waals surface area (Å²) in [7, 11) is -5.77. The molecular weight excluding hydrogens is 473 g/mol. The fourth-order valence-electron chi connectivity index (χ4n) is 5.27. The molecule has 1 aromatic heterocycles. The molecule has 0 radical (unpaired) electrons. The van der Waals surface area contributed by atoms with Gasteiger partial charge >= 0.3 is 206 Å². The number of nitrogens with zero attached hydrogens (tertiary/aromatic N) is 1. The molecule has 0 atom stereocenters. The number of hydrogen-bond acceptors (Lipinski definition) is 5. The monoisotopic (exact) mass is 493 g/mol. The van der Waals surface area contributed by atoms with Crippen LogP contribution in [0, 0.1) is 0 Å². The number of pyridine rings is 1. The Morgan fingerprint density at radius 1 is 0.444 bits per heavy atom. The zero-order valence-electron chi connectivity index (χ0n) is 19.0. The minimum absolute atomic E-state index is 0.475. The summed E-state index contributed by atoms with van der Waals surface area (Å²) in [5.41, 5.74) is 2.39. The molecule has 4 aromatic carbocycles. The van der Waals surface area contributed by atoms with Gasteiger partial charge in [-0.15, -0.1) is 0 Å². The van der Waals surface area contributed by atoms with Crippen LogP contribution in [0.15, 0.2) is 121 Å². The molecule has 0 unspecified atom stereocenters. The van der Waals surface area contributed by atoms with Crippen molar-refractivity contribution in [1.29, 1.82) is 0 Å². The minimum atomic E-state index is -5.77. The first-order chi connectivity index (χ1) is 17.6. The summed E-state index contributed by atoms with van der Waals surface area (Å²) < 4.78 is 36.4. The summed E-state index contributed by atoms with van der Waals surface area (Å²) in [6.07, 6.45) is 1.84. The Kier molecular flexibility index (Phi) is 3.38. The van der Waals surface area contributed by atoms with Crippen molar-refractivity contribution >= 4 is 29.7 Å². The summed E-state index contributed by atoms with van der Waals surface area (Å²) in [6, 6.07) is 36.8. The first kappa shape index (κ1) is 19.7. The SMILES string of the molecule is c1ccc(C2=C(c3ccccc3)O[P-]34(O2)(Oc2ccccc2O3)Oc2cccc3ccc[n+]4c23)cc1. The Balaban J connectivity index is 1.49. The fourth-order valence-corrected chi connectivity index (χ4v) is 9.86. The molecule has 5 aromatic rings. The van der Waals surface area contributed by atoms with Gasteiger partial charge < -0.3 is 0 Å². The van der Waals surface area contributed by atoms with Crippen molar-refractivity contribution < 1.29 is 27.0 Å². The molecule has 0 bridgehead atoms. The summed E-state index contributed by atoms with van der Waals surface area (Å²) >= 11 is 0. The Morgan fingerprint density at radius 3 is 1.56 bits per heavy atom. The Hall–Kier alpha value is -4.54. The van der Waals surface area contributed by atoms with E-state index in [0.717, 1.165) is 22.0 Å². The second-order valence-corrected chi connectivity index (χ2v) is 12.6. The Labute approximate surface area is 206 Å². The van der Waals surface area contributed by atoms with E-state index in [0.29, 0.717) is 28.8 Å². The predicted molar refractivity (Wildman–Crippen MR) is 137 cm³/mol. The van der Waals surface area contributed by atoms with Gasteiger partial charge in [0.25, 0.3) is 0 Å². The Morgan fingerprint density at radius 2 is 0.944 bits per heavy atom. The zero-order valence-corrected chi connectivity index (χ0v) is 19.9. The summed E-state index contributed by atoms with van der Waals surface area (Å²) in [5.74, 6) is 2.46. The normalized spacial score (nSPS) is 20.7. The first-order valence-electron chi connectivity index (χ1n) is 11.7. The Bertz CT molecular complexity index is 1680. The van der Waals surface area contributed by atoms with Gasteiger partial charge in [-0.2, -0.15) is 0 Å². The number of fused-ring (bicyclic) bond motifs is 1. The van der Waals surface area contributed by atoms with Gasteiger partial charge in [-0.05, 0) is 0 Å². The molecule has 1 spiro atoms. The van der Waals surface area contributed by atoms with Gasteiger partial charge in [-0.25, -0.2) is 0 Å². The van der Waals surface area contributed by atoms with Crippen LogP contribution in [0.2, 0.25) is 0 Å². The van der Waals surface area contributed by atoms with Gasteiger partial charge in [0.15, 0.2) is 0 Å². The third kappa shape index (κ3) is 2.23. The third-order valence-corrected chi connectivity index (χ3v) is 10.8. The molecule has 36 heavy (non-hydrogen) atoms. The van der Waals surface area contributed by atoms with Crippen LogP contribution >= 0.6 is 7.23 Å². The van der Waals surface area contributed by atoms with Crippen LogP contribution in [0.1, 0.15) is 11.1 Å². The molecular formula is C29H20NO5P. The number of benzene rings is 4. The number of rotatable bonds is 2. The molecule has 0 saturated carbocycles. The van der Waals surface area contributed by atoms with Crippen LogP contribution in [-0.4, -0.2) is 0 Å². The standard InChI is InChI=1S/C29H20NO5P/c1-3-11-22(12-4-1)28-29(23-13-5-2-6-14-23)35-36(34-28,31-24-17-7-8-18-25(24)32-36)30-20-10-16-21-15-9-19-26(33-36)27(21)30/h1-20H. The van der Waals surface area contributed by atoms with Crippen LogP contribution in [-0.2, 0) is 9.05 Å². The predicted octanol–water partition coefficient (Wildman–Crippen LogP) is 6.99. The molecule has 8 rings (SSSR count). The van der Waals surface area contributed by atoms with Gasteiger partial charge in [-0.3, -0.25) is 0 Å². The van der Waals surface area contributed by atoms with Crippen LogP contribution in [0.25, 0.3) is 22.4 Å². The average molecular weight is 493 g/mol. The van der Waals surface area contributed by atoms with Gasteiger partial charge in [0.05, 0.1) is 0 Å². The molecule has 4 heterocycles. The van der Waals surface area contributed by atoms with E-state index in [1.54, 1.807) is 4.34 Å². The summed E-state index contributed by atoms with van der Waals surface area (Å²) in [5, 5.41) is 0.942. The van der Waals surface area contributed by atoms with Gasteiger partial charge in [0, 0.05) is 0 Å². The van der Waals surface area contributed by atoms with Crippen LogP contribution in [0.4, 0.5) is 0 Å². The summed E-state index contributed by atoms with van der Waals surface area (Å²) in [4.78, 5) is 0. The second kappa shape index (κ2) is 6.17. The quantitative estimate of drug-likeness (QED) is 0.248.